The minimum atomic E-state index is -0.321. The number of benzene rings is 2. The molecule has 110 valence electrons. The van der Waals surface area contributed by atoms with Crippen molar-refractivity contribution in [2.24, 2.45) is 0 Å². The first-order valence-corrected chi connectivity index (χ1v) is 7.07. The lowest BCUT2D eigenvalue weighted by molar-refractivity contribution is 0.173. The summed E-state index contributed by atoms with van der Waals surface area (Å²) in [5.74, 6) is 1.37. The van der Waals surface area contributed by atoms with Crippen LogP contribution in [0.5, 0.6) is 17.2 Å². The molecule has 0 aliphatic carbocycles. The van der Waals surface area contributed by atoms with Crippen LogP contribution in [0.4, 0.5) is 4.39 Å². The zero-order valence-electron chi connectivity index (χ0n) is 10.9. The van der Waals surface area contributed by atoms with E-state index >= 15 is 0 Å². The maximum atomic E-state index is 13.2. The third kappa shape index (κ3) is 2.96. The molecule has 0 spiro atoms. The molecule has 4 nitrogen and oxygen atoms in total. The Morgan fingerprint density at radius 1 is 1.19 bits per heavy atom. The monoisotopic (exact) mass is 354 g/mol. The van der Waals surface area contributed by atoms with Crippen molar-refractivity contribution < 1.29 is 23.7 Å². The highest BCUT2D eigenvalue weighted by atomic mass is 79.9. The number of rotatable bonds is 4. The molecule has 0 atom stereocenters. The fourth-order valence-electron chi connectivity index (χ4n) is 2.01. The molecule has 1 aliphatic heterocycles. The van der Waals surface area contributed by atoms with Gasteiger partial charge >= 0.3 is 0 Å². The molecule has 0 bridgehead atoms. The zero-order valence-corrected chi connectivity index (χ0v) is 12.5. The van der Waals surface area contributed by atoms with Crippen LogP contribution in [0.25, 0.3) is 0 Å². The smallest absolute Gasteiger partial charge is 0.231 e. The Hall–Kier alpha value is -1.79. The van der Waals surface area contributed by atoms with Gasteiger partial charge in [-0.25, -0.2) is 4.39 Å². The molecule has 0 unspecified atom stereocenters. The van der Waals surface area contributed by atoms with Gasteiger partial charge in [0.15, 0.2) is 11.5 Å². The van der Waals surface area contributed by atoms with Gasteiger partial charge in [0.25, 0.3) is 0 Å². The summed E-state index contributed by atoms with van der Waals surface area (Å²) in [5, 5.41) is 9.39. The highest BCUT2D eigenvalue weighted by Crippen LogP contribution is 2.38. The quantitative estimate of drug-likeness (QED) is 0.914. The molecule has 2 aromatic rings. The molecule has 0 fully saturated rings. The van der Waals surface area contributed by atoms with E-state index in [-0.39, 0.29) is 25.8 Å². The largest absolute Gasteiger partial charge is 0.488 e. The standard InChI is InChI=1S/C15H12BrFO4/c16-11-3-9(1-2-12(11)17)7-19-13-5-15-14(20-8-21-15)4-10(13)6-18/h1-5,18H,6-8H2. The predicted octanol–water partition coefficient (Wildman–Crippen LogP) is 3.39. The average molecular weight is 355 g/mol. The second-order valence-corrected chi connectivity index (χ2v) is 5.36. The van der Waals surface area contributed by atoms with Crippen molar-refractivity contribution in [2.75, 3.05) is 6.79 Å². The van der Waals surface area contributed by atoms with Crippen molar-refractivity contribution in [2.45, 2.75) is 13.2 Å². The highest BCUT2D eigenvalue weighted by Gasteiger charge is 2.17. The predicted molar refractivity (Wildman–Crippen MR) is 76.9 cm³/mol. The maximum absolute atomic E-state index is 13.2. The molecule has 0 saturated heterocycles. The van der Waals surface area contributed by atoms with E-state index in [0.29, 0.717) is 27.3 Å². The lowest BCUT2D eigenvalue weighted by Crippen LogP contribution is -1.99. The lowest BCUT2D eigenvalue weighted by atomic mass is 10.2. The van der Waals surface area contributed by atoms with Crippen molar-refractivity contribution >= 4 is 15.9 Å². The van der Waals surface area contributed by atoms with Gasteiger partial charge in [-0.05, 0) is 39.7 Å². The molecule has 1 aliphatic rings. The first-order valence-electron chi connectivity index (χ1n) is 6.27. The van der Waals surface area contributed by atoms with E-state index in [0.717, 1.165) is 5.56 Å². The third-order valence-corrected chi connectivity index (χ3v) is 3.71. The molecule has 21 heavy (non-hydrogen) atoms. The van der Waals surface area contributed by atoms with Crippen molar-refractivity contribution in [3.8, 4) is 17.2 Å². The van der Waals surface area contributed by atoms with Crippen molar-refractivity contribution in [3.63, 3.8) is 0 Å². The van der Waals surface area contributed by atoms with Crippen molar-refractivity contribution in [1.82, 2.24) is 0 Å². The summed E-state index contributed by atoms with van der Waals surface area (Å²) in [6.45, 7) is 0.249. The van der Waals surface area contributed by atoms with Crippen LogP contribution in [0.3, 0.4) is 0 Å². The number of fused-ring (bicyclic) bond motifs is 1. The first kappa shape index (κ1) is 14.2. The molecular formula is C15H12BrFO4. The topological polar surface area (TPSA) is 47.9 Å². The number of hydrogen-bond acceptors (Lipinski definition) is 4. The Balaban J connectivity index is 1.79. The molecule has 1 N–H and O–H groups in total. The number of halogens is 2. The van der Waals surface area contributed by atoms with Crippen molar-refractivity contribution in [3.05, 3.63) is 51.7 Å². The van der Waals surface area contributed by atoms with Gasteiger partial charge in [0.1, 0.15) is 18.2 Å². The SMILES string of the molecule is OCc1cc2c(cc1OCc1ccc(F)c(Br)c1)OCO2. The van der Waals surface area contributed by atoms with Gasteiger partial charge in [-0.15, -0.1) is 0 Å². The van der Waals surface area contributed by atoms with Crippen LogP contribution in [0.15, 0.2) is 34.8 Å². The average Bonchev–Trinajstić information content (AvgIpc) is 2.94. The zero-order chi connectivity index (χ0) is 14.8. The van der Waals surface area contributed by atoms with E-state index in [1.165, 1.54) is 6.07 Å². The fraction of sp³-hybridized carbons (Fsp3) is 0.200. The number of aliphatic hydroxyl groups is 1. The number of hydrogen-bond donors (Lipinski definition) is 1. The summed E-state index contributed by atoms with van der Waals surface area (Å²) in [6, 6.07) is 8.05. The molecule has 6 heteroatoms. The van der Waals surface area contributed by atoms with Crippen molar-refractivity contribution in [1.29, 1.82) is 0 Å². The Morgan fingerprint density at radius 2 is 1.95 bits per heavy atom. The van der Waals surface area contributed by atoms with E-state index in [9.17, 15) is 9.50 Å². The second-order valence-electron chi connectivity index (χ2n) is 4.51. The molecule has 1 heterocycles. The maximum Gasteiger partial charge on any atom is 0.231 e. The highest BCUT2D eigenvalue weighted by molar-refractivity contribution is 9.10. The van der Waals surface area contributed by atoms with E-state index in [1.54, 1.807) is 24.3 Å². The van der Waals surface area contributed by atoms with Gasteiger partial charge in [0.05, 0.1) is 11.1 Å². The van der Waals surface area contributed by atoms with Gasteiger partial charge in [-0.3, -0.25) is 0 Å². The molecule has 0 amide bonds. The van der Waals surface area contributed by atoms with Crippen LogP contribution in [0.2, 0.25) is 0 Å². The van der Waals surface area contributed by atoms with Gasteiger partial charge in [0, 0.05) is 11.6 Å². The molecule has 0 aromatic heterocycles. The van der Waals surface area contributed by atoms with Gasteiger partial charge in [0.2, 0.25) is 6.79 Å². The third-order valence-electron chi connectivity index (χ3n) is 3.10. The number of ether oxygens (including phenoxy) is 3. The summed E-state index contributed by atoms with van der Waals surface area (Å²) >= 11 is 3.13. The minimum absolute atomic E-state index is 0.161. The van der Waals surface area contributed by atoms with Gasteiger partial charge in [-0.2, -0.15) is 0 Å². The van der Waals surface area contributed by atoms with Crippen LogP contribution >= 0.6 is 15.9 Å². The van der Waals surface area contributed by atoms with Crippen LogP contribution in [-0.2, 0) is 13.2 Å². The van der Waals surface area contributed by atoms with Gasteiger partial charge in [-0.1, -0.05) is 6.07 Å². The van der Waals surface area contributed by atoms with Crippen LogP contribution in [0, 0.1) is 5.82 Å². The lowest BCUT2D eigenvalue weighted by Gasteiger charge is -2.11. The molecule has 3 rings (SSSR count). The minimum Gasteiger partial charge on any atom is -0.488 e. The summed E-state index contributed by atoms with van der Waals surface area (Å²) in [7, 11) is 0. The van der Waals surface area contributed by atoms with E-state index < -0.39 is 0 Å². The Labute approximate surface area is 129 Å². The summed E-state index contributed by atoms with van der Waals surface area (Å²) in [6.07, 6.45) is 0. The van der Waals surface area contributed by atoms with E-state index in [2.05, 4.69) is 15.9 Å². The Bertz CT molecular complexity index is 675. The van der Waals surface area contributed by atoms with E-state index in [4.69, 9.17) is 14.2 Å². The summed E-state index contributed by atoms with van der Waals surface area (Å²) in [4.78, 5) is 0. The van der Waals surface area contributed by atoms with Crippen LogP contribution in [-0.4, -0.2) is 11.9 Å². The molecule has 2 aromatic carbocycles. The summed E-state index contributed by atoms with van der Waals surface area (Å²) in [5.41, 5.74) is 1.42. The Kier molecular flexibility index (Phi) is 3.98. The Morgan fingerprint density at radius 3 is 2.67 bits per heavy atom. The fourth-order valence-corrected chi connectivity index (χ4v) is 2.44. The van der Waals surface area contributed by atoms with Crippen LogP contribution in [0.1, 0.15) is 11.1 Å². The molecule has 0 radical (unpaired) electrons. The molecular weight excluding hydrogens is 343 g/mol. The van der Waals surface area contributed by atoms with Gasteiger partial charge < -0.3 is 19.3 Å². The second kappa shape index (κ2) is 5.91. The summed E-state index contributed by atoms with van der Waals surface area (Å²) < 4.78 is 29.8. The number of aliphatic hydroxyl groups excluding tert-OH is 1. The first-order chi connectivity index (χ1) is 10.2. The van der Waals surface area contributed by atoms with E-state index in [1.807, 2.05) is 0 Å². The normalized spacial score (nSPS) is 12.5. The van der Waals surface area contributed by atoms with Crippen LogP contribution < -0.4 is 14.2 Å². The molecule has 0 saturated carbocycles.